The van der Waals surface area contributed by atoms with Crippen molar-refractivity contribution < 1.29 is 4.74 Å². The maximum absolute atomic E-state index is 5.95. The zero-order valence-corrected chi connectivity index (χ0v) is 10.0. The van der Waals surface area contributed by atoms with Crippen LogP contribution in [0.25, 0.3) is 0 Å². The van der Waals surface area contributed by atoms with E-state index in [1.807, 2.05) is 25.1 Å². The van der Waals surface area contributed by atoms with Gasteiger partial charge in [0.25, 0.3) is 0 Å². The largest absolute Gasteiger partial charge is 0.489 e. The van der Waals surface area contributed by atoms with Gasteiger partial charge in [-0.2, -0.15) is 0 Å². The van der Waals surface area contributed by atoms with Gasteiger partial charge in [0.2, 0.25) is 0 Å². The summed E-state index contributed by atoms with van der Waals surface area (Å²) in [6.45, 7) is 4.10. The molecule has 0 aliphatic rings. The molecule has 1 aromatic rings. The molecule has 0 heterocycles. The van der Waals surface area contributed by atoms with Crippen molar-refractivity contribution in [2.24, 2.45) is 0 Å². The van der Waals surface area contributed by atoms with Crippen molar-refractivity contribution in [1.82, 2.24) is 0 Å². The Morgan fingerprint density at radius 2 is 2.23 bits per heavy atom. The Balaban J connectivity index is 2.81. The first-order chi connectivity index (χ1) is 6.13. The average molecular weight is 264 g/mol. The molecule has 0 radical (unpaired) electrons. The van der Waals surface area contributed by atoms with Gasteiger partial charge in [0, 0.05) is 4.47 Å². The number of ether oxygens (including phenoxy) is 1. The van der Waals surface area contributed by atoms with Gasteiger partial charge in [-0.05, 0) is 31.5 Å². The summed E-state index contributed by atoms with van der Waals surface area (Å²) in [4.78, 5) is 0. The Bertz CT molecular complexity index is 288. The van der Waals surface area contributed by atoms with Crippen LogP contribution in [0.4, 0.5) is 0 Å². The highest BCUT2D eigenvalue weighted by atomic mass is 79.9. The molecule has 72 valence electrons. The van der Waals surface area contributed by atoms with Crippen molar-refractivity contribution >= 4 is 27.5 Å². The van der Waals surface area contributed by atoms with Crippen molar-refractivity contribution in [1.29, 1.82) is 0 Å². The predicted octanol–water partition coefficient (Wildman–Crippen LogP) is 4.28. The van der Waals surface area contributed by atoms with E-state index in [1.54, 1.807) is 0 Å². The molecule has 0 saturated heterocycles. The lowest BCUT2D eigenvalue weighted by Crippen LogP contribution is -2.09. The minimum absolute atomic E-state index is 0.201. The third kappa shape index (κ3) is 3.20. The van der Waals surface area contributed by atoms with E-state index in [9.17, 15) is 0 Å². The van der Waals surface area contributed by atoms with E-state index < -0.39 is 0 Å². The number of hydrogen-bond acceptors (Lipinski definition) is 1. The molecule has 1 rings (SSSR count). The fraction of sp³-hybridized carbons (Fsp3) is 0.400. The SMILES string of the molecule is CCC(C)Oc1cc(Br)ccc1Cl. The van der Waals surface area contributed by atoms with Gasteiger partial charge < -0.3 is 4.74 Å². The Kier molecular flexibility index (Phi) is 4.07. The molecule has 0 aliphatic heterocycles. The van der Waals surface area contributed by atoms with Crippen LogP contribution < -0.4 is 4.74 Å². The van der Waals surface area contributed by atoms with E-state index in [-0.39, 0.29) is 6.10 Å². The smallest absolute Gasteiger partial charge is 0.139 e. The molecular weight excluding hydrogens is 251 g/mol. The lowest BCUT2D eigenvalue weighted by Gasteiger charge is -2.13. The molecule has 0 aliphatic carbocycles. The minimum atomic E-state index is 0.201. The summed E-state index contributed by atoms with van der Waals surface area (Å²) in [5, 5.41) is 0.656. The highest BCUT2D eigenvalue weighted by Crippen LogP contribution is 2.28. The Labute approximate surface area is 92.2 Å². The number of rotatable bonds is 3. The van der Waals surface area contributed by atoms with Gasteiger partial charge in [-0.15, -0.1) is 0 Å². The summed E-state index contributed by atoms with van der Waals surface area (Å²) >= 11 is 9.32. The monoisotopic (exact) mass is 262 g/mol. The van der Waals surface area contributed by atoms with Gasteiger partial charge in [-0.25, -0.2) is 0 Å². The highest BCUT2D eigenvalue weighted by Gasteiger charge is 2.05. The Morgan fingerprint density at radius 1 is 1.54 bits per heavy atom. The van der Waals surface area contributed by atoms with Crippen LogP contribution in [0.1, 0.15) is 20.3 Å². The van der Waals surface area contributed by atoms with Crippen LogP contribution in [0.15, 0.2) is 22.7 Å². The highest BCUT2D eigenvalue weighted by molar-refractivity contribution is 9.10. The van der Waals surface area contributed by atoms with Crippen LogP contribution in [-0.2, 0) is 0 Å². The van der Waals surface area contributed by atoms with Gasteiger partial charge in [0.15, 0.2) is 0 Å². The number of benzene rings is 1. The quantitative estimate of drug-likeness (QED) is 0.791. The molecule has 0 bridgehead atoms. The van der Waals surface area contributed by atoms with Crippen molar-refractivity contribution in [2.75, 3.05) is 0 Å². The van der Waals surface area contributed by atoms with Crippen molar-refractivity contribution in [3.8, 4) is 5.75 Å². The van der Waals surface area contributed by atoms with E-state index in [0.717, 1.165) is 16.6 Å². The molecule has 1 aromatic carbocycles. The van der Waals surface area contributed by atoms with Gasteiger partial charge >= 0.3 is 0 Å². The molecule has 0 N–H and O–H groups in total. The summed E-state index contributed by atoms with van der Waals surface area (Å²) < 4.78 is 6.59. The molecule has 0 fully saturated rings. The van der Waals surface area contributed by atoms with Gasteiger partial charge in [-0.1, -0.05) is 34.5 Å². The summed E-state index contributed by atoms with van der Waals surface area (Å²) in [7, 11) is 0. The zero-order valence-electron chi connectivity index (χ0n) is 7.68. The second-order valence-corrected chi connectivity index (χ2v) is 4.23. The van der Waals surface area contributed by atoms with Gasteiger partial charge in [0.05, 0.1) is 11.1 Å². The first kappa shape index (κ1) is 10.9. The fourth-order valence-corrected chi connectivity index (χ4v) is 1.37. The third-order valence-corrected chi connectivity index (χ3v) is 2.60. The van der Waals surface area contributed by atoms with Crippen LogP contribution >= 0.6 is 27.5 Å². The summed E-state index contributed by atoms with van der Waals surface area (Å²) in [5.74, 6) is 0.741. The molecule has 1 nitrogen and oxygen atoms in total. The average Bonchev–Trinajstić information content (AvgIpc) is 2.11. The number of halogens is 2. The number of hydrogen-bond donors (Lipinski definition) is 0. The van der Waals surface area contributed by atoms with E-state index in [0.29, 0.717) is 5.02 Å². The second-order valence-electron chi connectivity index (χ2n) is 2.91. The molecule has 0 saturated carbocycles. The molecular formula is C10H12BrClO. The molecule has 3 heteroatoms. The summed E-state index contributed by atoms with van der Waals surface area (Å²) in [5.41, 5.74) is 0. The van der Waals surface area contributed by atoms with Crippen molar-refractivity contribution in [3.05, 3.63) is 27.7 Å². The maximum Gasteiger partial charge on any atom is 0.139 e. The van der Waals surface area contributed by atoms with E-state index in [1.165, 1.54) is 0 Å². The topological polar surface area (TPSA) is 9.23 Å². The molecule has 0 aromatic heterocycles. The predicted molar refractivity (Wildman–Crippen MR) is 59.5 cm³/mol. The molecule has 1 unspecified atom stereocenters. The first-order valence-corrected chi connectivity index (χ1v) is 5.42. The van der Waals surface area contributed by atoms with Gasteiger partial charge in [0.1, 0.15) is 5.75 Å². The standard InChI is InChI=1S/C10H12BrClO/c1-3-7(2)13-10-6-8(11)4-5-9(10)12/h4-7H,3H2,1-2H3. The van der Waals surface area contributed by atoms with E-state index in [4.69, 9.17) is 16.3 Å². The minimum Gasteiger partial charge on any atom is -0.489 e. The fourth-order valence-electron chi connectivity index (χ4n) is 0.868. The van der Waals surface area contributed by atoms with Crippen molar-refractivity contribution in [3.63, 3.8) is 0 Å². The molecule has 0 amide bonds. The van der Waals surface area contributed by atoms with Crippen molar-refractivity contribution in [2.45, 2.75) is 26.4 Å². The Hall–Kier alpha value is -0.210. The van der Waals surface area contributed by atoms with E-state index >= 15 is 0 Å². The second kappa shape index (κ2) is 4.87. The third-order valence-electron chi connectivity index (χ3n) is 1.80. The molecule has 13 heavy (non-hydrogen) atoms. The summed E-state index contributed by atoms with van der Waals surface area (Å²) in [6, 6.07) is 5.60. The normalized spacial score (nSPS) is 12.6. The molecule has 1 atom stereocenters. The first-order valence-electron chi connectivity index (χ1n) is 4.25. The lowest BCUT2D eigenvalue weighted by atomic mass is 10.3. The van der Waals surface area contributed by atoms with E-state index in [2.05, 4.69) is 22.9 Å². The van der Waals surface area contributed by atoms with Crippen LogP contribution in [0.5, 0.6) is 5.75 Å². The summed E-state index contributed by atoms with van der Waals surface area (Å²) in [6.07, 6.45) is 1.18. The molecule has 0 spiro atoms. The van der Waals surface area contributed by atoms with Gasteiger partial charge in [-0.3, -0.25) is 0 Å². The van der Waals surface area contributed by atoms with Crippen LogP contribution in [0, 0.1) is 0 Å². The van der Waals surface area contributed by atoms with Crippen LogP contribution in [-0.4, -0.2) is 6.10 Å². The van der Waals surface area contributed by atoms with Crippen LogP contribution in [0.3, 0.4) is 0 Å². The zero-order chi connectivity index (χ0) is 9.84. The van der Waals surface area contributed by atoms with Crippen LogP contribution in [0.2, 0.25) is 5.02 Å². The Morgan fingerprint density at radius 3 is 2.85 bits per heavy atom. The lowest BCUT2D eigenvalue weighted by molar-refractivity contribution is 0.217. The maximum atomic E-state index is 5.95.